The van der Waals surface area contributed by atoms with Gasteiger partial charge in [-0.1, -0.05) is 42.0 Å². The molecule has 0 aromatic heterocycles. The first kappa shape index (κ1) is 21.4. The Bertz CT molecular complexity index is 1160. The van der Waals surface area contributed by atoms with Crippen LogP contribution in [-0.4, -0.2) is 32.4 Å². The second-order valence-electron chi connectivity index (χ2n) is 7.88. The third-order valence-electron chi connectivity index (χ3n) is 5.29. The summed E-state index contributed by atoms with van der Waals surface area (Å²) in [5.74, 6) is 1.24. The molecule has 1 aliphatic rings. The van der Waals surface area contributed by atoms with Crippen LogP contribution in [0.2, 0.25) is 0 Å². The average molecular weight is 426 g/mol. The number of amidine groups is 1. The number of nitrogens with zero attached hydrogens (tertiary/aromatic N) is 3. The third-order valence-corrected chi connectivity index (χ3v) is 5.29. The van der Waals surface area contributed by atoms with Gasteiger partial charge in [-0.3, -0.25) is 9.69 Å². The monoisotopic (exact) mass is 425 g/mol. The minimum absolute atomic E-state index is 0.151. The molecule has 0 saturated carbocycles. The van der Waals surface area contributed by atoms with Crippen LogP contribution in [0.25, 0.3) is 6.08 Å². The lowest BCUT2D eigenvalue weighted by Crippen LogP contribution is -2.32. The molecule has 5 heteroatoms. The highest BCUT2D eigenvalue weighted by molar-refractivity contribution is 6.33. The number of rotatable bonds is 6. The second-order valence-corrected chi connectivity index (χ2v) is 7.88. The average Bonchev–Trinajstić information content (AvgIpc) is 3.11. The summed E-state index contributed by atoms with van der Waals surface area (Å²) in [6.07, 6.45) is 1.84. The summed E-state index contributed by atoms with van der Waals surface area (Å²) in [5.41, 5.74) is 5.24. The summed E-state index contributed by atoms with van der Waals surface area (Å²) >= 11 is 0. The van der Waals surface area contributed by atoms with Crippen molar-refractivity contribution in [2.45, 2.75) is 13.8 Å². The van der Waals surface area contributed by atoms with Crippen LogP contribution in [0.4, 0.5) is 11.4 Å². The molecule has 0 saturated heterocycles. The molecule has 0 radical (unpaired) electrons. The molecule has 0 bridgehead atoms. The molecule has 0 atom stereocenters. The lowest BCUT2D eigenvalue weighted by molar-refractivity contribution is -0.113. The summed E-state index contributed by atoms with van der Waals surface area (Å²) in [6.45, 7) is 4.58. The summed E-state index contributed by atoms with van der Waals surface area (Å²) in [4.78, 5) is 21.9. The Morgan fingerprint density at radius 3 is 2.19 bits per heavy atom. The standard InChI is InChI=1S/C27H27N3O2/c1-5-32-24-16-14-23(15-17-24)30-26(21-10-6-19(2)7-11-21)28-25(27(30)31)18-20-8-12-22(13-9-20)29(3)4/h6-18H,5H2,1-4H3/b25-18+. The molecule has 0 unspecified atom stereocenters. The molecule has 0 aliphatic carbocycles. The van der Waals surface area contributed by atoms with E-state index in [0.29, 0.717) is 18.1 Å². The lowest BCUT2D eigenvalue weighted by Gasteiger charge is -2.19. The van der Waals surface area contributed by atoms with Gasteiger partial charge in [-0.15, -0.1) is 0 Å². The van der Waals surface area contributed by atoms with E-state index in [9.17, 15) is 4.79 Å². The number of aliphatic imine (C=N–C) groups is 1. The molecular weight excluding hydrogens is 398 g/mol. The van der Waals surface area contributed by atoms with E-state index in [4.69, 9.17) is 9.73 Å². The number of aryl methyl sites for hydroxylation is 1. The highest BCUT2D eigenvalue weighted by Crippen LogP contribution is 2.29. The van der Waals surface area contributed by atoms with Gasteiger partial charge in [0.15, 0.2) is 0 Å². The van der Waals surface area contributed by atoms with Gasteiger partial charge >= 0.3 is 0 Å². The van der Waals surface area contributed by atoms with Crippen LogP contribution in [0.15, 0.2) is 83.5 Å². The zero-order chi connectivity index (χ0) is 22.7. The van der Waals surface area contributed by atoms with Crippen molar-refractivity contribution in [2.24, 2.45) is 4.99 Å². The van der Waals surface area contributed by atoms with Gasteiger partial charge in [-0.05, 0) is 61.9 Å². The molecule has 4 rings (SSSR count). The highest BCUT2D eigenvalue weighted by atomic mass is 16.5. The summed E-state index contributed by atoms with van der Waals surface area (Å²) in [6, 6.07) is 23.6. The number of ether oxygens (including phenoxy) is 1. The Morgan fingerprint density at radius 1 is 0.938 bits per heavy atom. The maximum absolute atomic E-state index is 13.5. The first-order chi connectivity index (χ1) is 15.5. The topological polar surface area (TPSA) is 45.1 Å². The first-order valence-electron chi connectivity index (χ1n) is 10.7. The zero-order valence-corrected chi connectivity index (χ0v) is 18.9. The fraction of sp³-hybridized carbons (Fsp3) is 0.185. The molecular formula is C27H27N3O2. The maximum Gasteiger partial charge on any atom is 0.282 e. The van der Waals surface area contributed by atoms with Gasteiger partial charge in [0.25, 0.3) is 5.91 Å². The minimum atomic E-state index is -0.151. The Balaban J connectivity index is 1.74. The Hall–Kier alpha value is -3.86. The molecule has 0 spiro atoms. The Morgan fingerprint density at radius 2 is 1.59 bits per heavy atom. The van der Waals surface area contributed by atoms with Gasteiger partial charge in [0.2, 0.25) is 0 Å². The van der Waals surface area contributed by atoms with E-state index in [1.54, 1.807) is 4.90 Å². The van der Waals surface area contributed by atoms with E-state index in [-0.39, 0.29) is 5.91 Å². The highest BCUT2D eigenvalue weighted by Gasteiger charge is 2.32. The van der Waals surface area contributed by atoms with Gasteiger partial charge < -0.3 is 9.64 Å². The van der Waals surface area contributed by atoms with Crippen LogP contribution in [0.5, 0.6) is 5.75 Å². The molecule has 3 aromatic carbocycles. The molecule has 1 amide bonds. The molecule has 32 heavy (non-hydrogen) atoms. The lowest BCUT2D eigenvalue weighted by atomic mass is 10.1. The fourth-order valence-electron chi connectivity index (χ4n) is 3.54. The number of benzene rings is 3. The molecule has 1 aliphatic heterocycles. The molecule has 1 heterocycles. The van der Waals surface area contributed by atoms with Gasteiger partial charge in [-0.2, -0.15) is 0 Å². The molecule has 3 aromatic rings. The van der Waals surface area contributed by atoms with Crippen molar-refractivity contribution in [1.82, 2.24) is 0 Å². The number of carbonyl (C=O) groups is 1. The van der Waals surface area contributed by atoms with Crippen molar-refractivity contribution in [3.8, 4) is 5.75 Å². The predicted octanol–water partition coefficient (Wildman–Crippen LogP) is 5.29. The van der Waals surface area contributed by atoms with Crippen molar-refractivity contribution in [2.75, 3.05) is 30.5 Å². The molecule has 5 nitrogen and oxygen atoms in total. The van der Waals surface area contributed by atoms with E-state index < -0.39 is 0 Å². The van der Waals surface area contributed by atoms with Gasteiger partial charge in [0, 0.05) is 25.3 Å². The molecule has 162 valence electrons. The second kappa shape index (κ2) is 9.10. The third kappa shape index (κ3) is 4.42. The van der Waals surface area contributed by atoms with Crippen LogP contribution < -0.4 is 14.5 Å². The van der Waals surface area contributed by atoms with Crippen molar-refractivity contribution in [3.63, 3.8) is 0 Å². The predicted molar refractivity (Wildman–Crippen MR) is 132 cm³/mol. The normalized spacial score (nSPS) is 14.6. The van der Waals surface area contributed by atoms with Crippen LogP contribution in [-0.2, 0) is 4.79 Å². The zero-order valence-electron chi connectivity index (χ0n) is 18.9. The molecule has 0 N–H and O–H groups in total. The van der Waals surface area contributed by atoms with Gasteiger partial charge in [-0.25, -0.2) is 4.99 Å². The van der Waals surface area contributed by atoms with Crippen LogP contribution >= 0.6 is 0 Å². The Kier molecular flexibility index (Phi) is 6.08. The minimum Gasteiger partial charge on any atom is -0.494 e. The van der Waals surface area contributed by atoms with Crippen LogP contribution in [0.3, 0.4) is 0 Å². The van der Waals surface area contributed by atoms with E-state index in [1.807, 2.05) is 112 Å². The van der Waals surface area contributed by atoms with Crippen LogP contribution in [0.1, 0.15) is 23.6 Å². The number of amides is 1. The van der Waals surface area contributed by atoms with E-state index >= 15 is 0 Å². The molecule has 0 fully saturated rings. The first-order valence-corrected chi connectivity index (χ1v) is 10.7. The maximum atomic E-state index is 13.5. The summed E-state index contributed by atoms with van der Waals surface area (Å²) < 4.78 is 5.55. The SMILES string of the molecule is CCOc1ccc(N2C(=O)/C(=C\c3ccc(N(C)C)cc3)N=C2c2ccc(C)cc2)cc1. The number of hydrogen-bond acceptors (Lipinski definition) is 4. The van der Waals surface area contributed by atoms with Crippen molar-refractivity contribution in [1.29, 1.82) is 0 Å². The number of hydrogen-bond donors (Lipinski definition) is 0. The van der Waals surface area contributed by atoms with E-state index in [0.717, 1.165) is 33.8 Å². The van der Waals surface area contributed by atoms with Gasteiger partial charge in [0.1, 0.15) is 17.3 Å². The van der Waals surface area contributed by atoms with Crippen LogP contribution in [0, 0.1) is 6.92 Å². The largest absolute Gasteiger partial charge is 0.494 e. The summed E-state index contributed by atoms with van der Waals surface area (Å²) in [7, 11) is 4.00. The summed E-state index contributed by atoms with van der Waals surface area (Å²) in [5, 5.41) is 0. The number of anilines is 2. The van der Waals surface area contributed by atoms with E-state index in [1.165, 1.54) is 0 Å². The van der Waals surface area contributed by atoms with Crippen molar-refractivity contribution in [3.05, 3.63) is 95.2 Å². The smallest absolute Gasteiger partial charge is 0.282 e. The van der Waals surface area contributed by atoms with Crippen molar-refractivity contribution < 1.29 is 9.53 Å². The van der Waals surface area contributed by atoms with E-state index in [2.05, 4.69) is 0 Å². The Labute approximate surface area is 189 Å². The number of carbonyl (C=O) groups excluding carboxylic acids is 1. The van der Waals surface area contributed by atoms with Gasteiger partial charge in [0.05, 0.1) is 12.3 Å². The quantitative estimate of drug-likeness (QED) is 0.504. The fourth-order valence-corrected chi connectivity index (χ4v) is 3.54. The van der Waals surface area contributed by atoms with Crippen molar-refractivity contribution >= 4 is 29.2 Å².